The van der Waals surface area contributed by atoms with Gasteiger partial charge in [0.05, 0.1) is 12.0 Å². The zero-order chi connectivity index (χ0) is 16.1. The van der Waals surface area contributed by atoms with Crippen molar-refractivity contribution in [3.8, 4) is 11.6 Å². The Kier molecular flexibility index (Phi) is 4.92. The van der Waals surface area contributed by atoms with Crippen LogP contribution in [-0.4, -0.2) is 24.9 Å². The lowest BCUT2D eigenvalue weighted by Crippen LogP contribution is -2.00. The molecular weight excluding hydrogens is 314 g/mol. The van der Waals surface area contributed by atoms with E-state index in [1.165, 1.54) is 11.8 Å². The van der Waals surface area contributed by atoms with Gasteiger partial charge in [-0.1, -0.05) is 29.9 Å². The van der Waals surface area contributed by atoms with Gasteiger partial charge in [0.15, 0.2) is 16.7 Å². The molecule has 0 atom stereocenters. The smallest absolute Gasteiger partial charge is 0.237 e. The summed E-state index contributed by atoms with van der Waals surface area (Å²) in [6, 6.07) is 3.68. The van der Waals surface area contributed by atoms with Gasteiger partial charge >= 0.3 is 0 Å². The summed E-state index contributed by atoms with van der Waals surface area (Å²) >= 11 is 1.49. The van der Waals surface area contributed by atoms with Crippen molar-refractivity contribution in [1.82, 2.24) is 24.9 Å². The Balaban J connectivity index is 1.75. The third kappa shape index (κ3) is 3.53. The number of allylic oxidation sites excluding steroid dienone is 1. The molecule has 0 unspecified atom stereocenters. The van der Waals surface area contributed by atoms with Gasteiger partial charge in [-0.2, -0.15) is 4.98 Å². The largest absolute Gasteiger partial charge is 0.461 e. The van der Waals surface area contributed by atoms with Gasteiger partial charge in [-0.25, -0.2) is 0 Å². The van der Waals surface area contributed by atoms with Gasteiger partial charge in [-0.3, -0.25) is 4.57 Å². The number of furan rings is 1. The molecule has 0 spiro atoms. The zero-order valence-electron chi connectivity index (χ0n) is 12.8. The molecule has 0 aliphatic carbocycles. The Morgan fingerprint density at radius 1 is 1.39 bits per heavy atom. The lowest BCUT2D eigenvalue weighted by atomic mass is 10.3. The van der Waals surface area contributed by atoms with Gasteiger partial charge in [0.1, 0.15) is 0 Å². The van der Waals surface area contributed by atoms with Crippen LogP contribution in [0.15, 0.2) is 45.1 Å². The van der Waals surface area contributed by atoms with Crippen molar-refractivity contribution in [2.75, 3.05) is 0 Å². The monoisotopic (exact) mass is 331 g/mol. The van der Waals surface area contributed by atoms with Gasteiger partial charge in [0, 0.05) is 13.0 Å². The average Bonchev–Trinajstić information content (AvgIpc) is 3.26. The lowest BCUT2D eigenvalue weighted by Gasteiger charge is -2.04. The van der Waals surface area contributed by atoms with Crippen molar-refractivity contribution in [2.24, 2.45) is 0 Å². The molecule has 23 heavy (non-hydrogen) atoms. The Labute approximate surface area is 137 Å². The maximum Gasteiger partial charge on any atom is 0.237 e. The van der Waals surface area contributed by atoms with E-state index < -0.39 is 0 Å². The highest BCUT2D eigenvalue weighted by atomic mass is 32.2. The Hall–Kier alpha value is -2.35. The molecule has 0 aliphatic rings. The van der Waals surface area contributed by atoms with Crippen LogP contribution in [0.25, 0.3) is 11.6 Å². The van der Waals surface area contributed by atoms with E-state index in [4.69, 9.17) is 8.94 Å². The van der Waals surface area contributed by atoms with E-state index in [0.29, 0.717) is 29.8 Å². The molecule has 3 rings (SSSR count). The number of hydrogen-bond acceptors (Lipinski definition) is 7. The minimum Gasteiger partial charge on any atom is -0.461 e. The maximum atomic E-state index is 5.41. The van der Waals surface area contributed by atoms with Crippen LogP contribution in [0, 0.1) is 0 Å². The molecule has 0 saturated carbocycles. The van der Waals surface area contributed by atoms with E-state index >= 15 is 0 Å². The van der Waals surface area contributed by atoms with Gasteiger partial charge in [-0.15, -0.1) is 16.8 Å². The number of aryl methyl sites for hydroxylation is 1. The van der Waals surface area contributed by atoms with Crippen molar-refractivity contribution in [1.29, 1.82) is 0 Å². The van der Waals surface area contributed by atoms with E-state index in [0.717, 1.165) is 23.8 Å². The summed E-state index contributed by atoms with van der Waals surface area (Å²) in [6.07, 6.45) is 5.23. The lowest BCUT2D eigenvalue weighted by molar-refractivity contribution is 0.384. The van der Waals surface area contributed by atoms with Crippen LogP contribution in [0.1, 0.15) is 25.1 Å². The summed E-state index contributed by atoms with van der Waals surface area (Å²) < 4.78 is 12.6. The second kappa shape index (κ2) is 7.28. The first-order valence-electron chi connectivity index (χ1n) is 7.34. The highest BCUT2D eigenvalue weighted by Gasteiger charge is 2.16. The fourth-order valence-corrected chi connectivity index (χ4v) is 2.86. The predicted octanol–water partition coefficient (Wildman–Crippen LogP) is 3.35. The first kappa shape index (κ1) is 15.5. The average molecular weight is 331 g/mol. The van der Waals surface area contributed by atoms with Crippen LogP contribution in [0.4, 0.5) is 0 Å². The molecule has 3 aromatic rings. The molecule has 0 radical (unpaired) electrons. The minimum absolute atomic E-state index is 0.546. The third-order valence-electron chi connectivity index (χ3n) is 3.08. The number of hydrogen-bond donors (Lipinski definition) is 0. The normalized spacial score (nSPS) is 11.0. The fourth-order valence-electron chi connectivity index (χ4n) is 2.08. The van der Waals surface area contributed by atoms with Crippen molar-refractivity contribution < 1.29 is 8.94 Å². The van der Waals surface area contributed by atoms with Crippen LogP contribution in [-0.2, 0) is 18.7 Å². The standard InChI is InChI=1S/C15H17N5O2S/c1-3-6-12-16-13(22-19-12)10-23-15-18-17-14(20(15)8-4-2)11-7-5-9-21-11/h4-5,7,9H,2-3,6,8,10H2,1H3. The molecule has 7 nitrogen and oxygen atoms in total. The van der Waals surface area contributed by atoms with Gasteiger partial charge in [-0.05, 0) is 18.6 Å². The number of aromatic nitrogens is 5. The second-order valence-electron chi connectivity index (χ2n) is 4.83. The topological polar surface area (TPSA) is 82.8 Å². The predicted molar refractivity (Wildman–Crippen MR) is 85.8 cm³/mol. The summed E-state index contributed by atoms with van der Waals surface area (Å²) in [5.74, 6) is 3.23. The molecule has 0 fully saturated rings. The number of nitrogens with zero attached hydrogens (tertiary/aromatic N) is 5. The van der Waals surface area contributed by atoms with E-state index in [1.807, 2.05) is 16.7 Å². The minimum atomic E-state index is 0.546. The van der Waals surface area contributed by atoms with E-state index in [-0.39, 0.29) is 0 Å². The van der Waals surface area contributed by atoms with Gasteiger partial charge < -0.3 is 8.94 Å². The number of rotatable bonds is 8. The SMILES string of the molecule is C=CCn1c(SCc2nc(CCC)no2)nnc1-c1ccco1. The van der Waals surface area contributed by atoms with Gasteiger partial charge in [0.25, 0.3) is 0 Å². The highest BCUT2D eigenvalue weighted by molar-refractivity contribution is 7.98. The molecule has 3 heterocycles. The molecule has 0 bridgehead atoms. The molecule has 0 N–H and O–H groups in total. The van der Waals surface area contributed by atoms with Crippen LogP contribution in [0.3, 0.4) is 0 Å². The molecule has 0 saturated heterocycles. The van der Waals surface area contributed by atoms with Gasteiger partial charge in [0.2, 0.25) is 11.7 Å². The highest BCUT2D eigenvalue weighted by Crippen LogP contribution is 2.26. The molecular formula is C15H17N5O2S. The molecule has 120 valence electrons. The van der Waals surface area contributed by atoms with Crippen LogP contribution < -0.4 is 0 Å². The fraction of sp³-hybridized carbons (Fsp3) is 0.333. The molecule has 8 heteroatoms. The van der Waals surface area contributed by atoms with E-state index in [1.54, 1.807) is 12.3 Å². The van der Waals surface area contributed by atoms with Crippen LogP contribution >= 0.6 is 11.8 Å². The molecule has 0 amide bonds. The zero-order valence-corrected chi connectivity index (χ0v) is 13.6. The van der Waals surface area contributed by atoms with Crippen molar-refractivity contribution in [3.05, 3.63) is 42.8 Å². The summed E-state index contributed by atoms with van der Waals surface area (Å²) in [6.45, 7) is 6.46. The molecule has 3 aromatic heterocycles. The summed E-state index contributed by atoms with van der Waals surface area (Å²) in [5.41, 5.74) is 0. The first-order valence-corrected chi connectivity index (χ1v) is 8.32. The summed E-state index contributed by atoms with van der Waals surface area (Å²) in [4.78, 5) is 4.35. The Bertz CT molecular complexity index is 763. The Morgan fingerprint density at radius 3 is 3.04 bits per heavy atom. The Morgan fingerprint density at radius 2 is 2.30 bits per heavy atom. The second-order valence-corrected chi connectivity index (χ2v) is 5.77. The van der Waals surface area contributed by atoms with E-state index in [9.17, 15) is 0 Å². The summed E-state index contributed by atoms with van der Waals surface area (Å²) in [7, 11) is 0. The van der Waals surface area contributed by atoms with Crippen molar-refractivity contribution >= 4 is 11.8 Å². The molecule has 0 aliphatic heterocycles. The van der Waals surface area contributed by atoms with Crippen molar-refractivity contribution in [2.45, 2.75) is 37.2 Å². The maximum absolute atomic E-state index is 5.41. The quantitative estimate of drug-likeness (QED) is 0.462. The van der Waals surface area contributed by atoms with Crippen molar-refractivity contribution in [3.63, 3.8) is 0 Å². The molecule has 0 aromatic carbocycles. The first-order chi connectivity index (χ1) is 11.3. The van der Waals surface area contributed by atoms with Crippen LogP contribution in [0.5, 0.6) is 0 Å². The van der Waals surface area contributed by atoms with E-state index in [2.05, 4.69) is 33.8 Å². The van der Waals surface area contributed by atoms with Crippen LogP contribution in [0.2, 0.25) is 0 Å². The number of thioether (sulfide) groups is 1. The third-order valence-corrected chi connectivity index (χ3v) is 4.03. The summed E-state index contributed by atoms with van der Waals surface area (Å²) in [5, 5.41) is 13.1.